The molecule has 0 radical (unpaired) electrons. The van der Waals surface area contributed by atoms with Crippen LogP contribution in [0.5, 0.6) is 0 Å². The molecule has 1 fully saturated rings. The smallest absolute Gasteiger partial charge is 0.139 e. The topological polar surface area (TPSA) is 21.3 Å². The Balaban J connectivity index is 1.88. The van der Waals surface area contributed by atoms with Gasteiger partial charge in [-0.25, -0.2) is 4.39 Å². The number of ether oxygens (including phenoxy) is 1. The van der Waals surface area contributed by atoms with E-state index in [1.54, 1.807) is 6.07 Å². The van der Waals surface area contributed by atoms with E-state index < -0.39 is 0 Å². The molecule has 2 nitrogen and oxygen atoms in total. The predicted octanol–water partition coefficient (Wildman–Crippen LogP) is 3.96. The van der Waals surface area contributed by atoms with Gasteiger partial charge in [0, 0.05) is 12.2 Å². The molecule has 2 rings (SSSR count). The number of rotatable bonds is 3. The van der Waals surface area contributed by atoms with E-state index in [4.69, 9.17) is 4.74 Å². The minimum atomic E-state index is -0.248. The molecule has 1 saturated heterocycles. The largest absolute Gasteiger partial charge is 0.382 e. The van der Waals surface area contributed by atoms with Crippen LogP contribution in [0.2, 0.25) is 0 Å². The average molecular weight is 302 g/mol. The zero-order valence-corrected chi connectivity index (χ0v) is 11.7. The Kier molecular flexibility index (Phi) is 3.73. The van der Waals surface area contributed by atoms with Crippen LogP contribution in [-0.4, -0.2) is 18.2 Å². The number of benzene rings is 1. The van der Waals surface area contributed by atoms with E-state index in [-0.39, 0.29) is 17.5 Å². The third-order valence-electron chi connectivity index (χ3n) is 3.01. The minimum Gasteiger partial charge on any atom is -0.382 e. The number of halogens is 2. The Labute approximate surface area is 110 Å². The molecule has 4 heteroatoms. The number of hydrogen-bond acceptors (Lipinski definition) is 2. The van der Waals surface area contributed by atoms with Gasteiger partial charge in [0.05, 0.1) is 16.2 Å². The molecule has 0 bridgehead atoms. The lowest BCUT2D eigenvalue weighted by atomic mass is 10.1. The third kappa shape index (κ3) is 3.42. The summed E-state index contributed by atoms with van der Waals surface area (Å²) >= 11 is 3.13. The highest BCUT2D eigenvalue weighted by Crippen LogP contribution is 2.29. The van der Waals surface area contributed by atoms with Gasteiger partial charge in [0.15, 0.2) is 0 Å². The zero-order chi connectivity index (χ0) is 12.5. The summed E-state index contributed by atoms with van der Waals surface area (Å²) in [5, 5.41) is 3.21. The second-order valence-corrected chi connectivity index (χ2v) is 5.90. The maximum atomic E-state index is 13.3. The summed E-state index contributed by atoms with van der Waals surface area (Å²) < 4.78 is 19.6. The normalized spacial score (nSPS) is 22.7. The first-order valence-electron chi connectivity index (χ1n) is 5.83. The minimum absolute atomic E-state index is 0.0166. The van der Waals surface area contributed by atoms with Gasteiger partial charge in [-0.1, -0.05) is 0 Å². The van der Waals surface area contributed by atoms with E-state index in [2.05, 4.69) is 35.1 Å². The lowest BCUT2D eigenvalue weighted by molar-refractivity contribution is -0.00911. The van der Waals surface area contributed by atoms with Crippen LogP contribution in [0.15, 0.2) is 22.7 Å². The second kappa shape index (κ2) is 4.94. The lowest BCUT2D eigenvalue weighted by Crippen LogP contribution is -2.24. The van der Waals surface area contributed by atoms with E-state index in [9.17, 15) is 4.39 Å². The molecule has 1 heterocycles. The number of nitrogens with one attached hydrogen (secondary N) is 1. The van der Waals surface area contributed by atoms with Crippen molar-refractivity contribution in [3.63, 3.8) is 0 Å². The summed E-state index contributed by atoms with van der Waals surface area (Å²) in [5.41, 5.74) is 0.774. The van der Waals surface area contributed by atoms with Gasteiger partial charge in [0.25, 0.3) is 0 Å². The van der Waals surface area contributed by atoms with Crippen LogP contribution in [0.4, 0.5) is 10.1 Å². The van der Waals surface area contributed by atoms with Gasteiger partial charge in [0.2, 0.25) is 0 Å². The molecule has 1 aromatic rings. The fourth-order valence-corrected chi connectivity index (χ4v) is 2.31. The molecule has 1 aliphatic heterocycles. The molecular weight excluding hydrogens is 285 g/mol. The first-order chi connectivity index (χ1) is 7.96. The van der Waals surface area contributed by atoms with E-state index in [0.717, 1.165) is 25.1 Å². The standard InChI is InChI=1S/C13H17BrFNO/c1-13(2)6-5-10(17-13)8-16-9-3-4-11(14)12(15)7-9/h3-4,7,10,16H,5-6,8H2,1-2H3. The molecule has 17 heavy (non-hydrogen) atoms. The van der Waals surface area contributed by atoms with Gasteiger partial charge in [-0.2, -0.15) is 0 Å². The van der Waals surface area contributed by atoms with Gasteiger partial charge in [-0.05, 0) is 60.8 Å². The van der Waals surface area contributed by atoms with Crippen LogP contribution in [0.1, 0.15) is 26.7 Å². The van der Waals surface area contributed by atoms with Crippen molar-refractivity contribution in [2.24, 2.45) is 0 Å². The van der Waals surface area contributed by atoms with E-state index in [1.165, 1.54) is 6.07 Å². The fraction of sp³-hybridized carbons (Fsp3) is 0.538. The predicted molar refractivity (Wildman–Crippen MR) is 70.8 cm³/mol. The molecule has 1 unspecified atom stereocenters. The van der Waals surface area contributed by atoms with Crippen molar-refractivity contribution in [2.75, 3.05) is 11.9 Å². The van der Waals surface area contributed by atoms with Gasteiger partial charge in [0.1, 0.15) is 5.82 Å². The van der Waals surface area contributed by atoms with Gasteiger partial charge < -0.3 is 10.1 Å². The molecule has 0 aromatic heterocycles. The maximum Gasteiger partial charge on any atom is 0.139 e. The van der Waals surface area contributed by atoms with Crippen molar-refractivity contribution in [1.29, 1.82) is 0 Å². The van der Waals surface area contributed by atoms with Crippen molar-refractivity contribution in [3.05, 3.63) is 28.5 Å². The summed E-state index contributed by atoms with van der Waals surface area (Å²) in [6, 6.07) is 5.05. The molecule has 0 amide bonds. The zero-order valence-electron chi connectivity index (χ0n) is 10.1. The average Bonchev–Trinajstić information content (AvgIpc) is 2.60. The van der Waals surface area contributed by atoms with Crippen LogP contribution in [0.25, 0.3) is 0 Å². The van der Waals surface area contributed by atoms with Crippen LogP contribution in [0, 0.1) is 5.82 Å². The van der Waals surface area contributed by atoms with Crippen LogP contribution < -0.4 is 5.32 Å². The summed E-state index contributed by atoms with van der Waals surface area (Å²) in [7, 11) is 0. The quantitative estimate of drug-likeness (QED) is 0.912. The number of anilines is 1. The Morgan fingerprint density at radius 1 is 1.53 bits per heavy atom. The van der Waals surface area contributed by atoms with Crippen LogP contribution in [0.3, 0.4) is 0 Å². The first kappa shape index (κ1) is 12.8. The highest BCUT2D eigenvalue weighted by molar-refractivity contribution is 9.10. The molecule has 1 N–H and O–H groups in total. The van der Waals surface area contributed by atoms with E-state index in [0.29, 0.717) is 4.47 Å². The highest BCUT2D eigenvalue weighted by Gasteiger charge is 2.31. The van der Waals surface area contributed by atoms with E-state index in [1.807, 2.05) is 6.07 Å². The maximum absolute atomic E-state index is 13.3. The van der Waals surface area contributed by atoms with Gasteiger partial charge in [-0.3, -0.25) is 0 Å². The van der Waals surface area contributed by atoms with Gasteiger partial charge in [-0.15, -0.1) is 0 Å². The summed E-state index contributed by atoms with van der Waals surface area (Å²) in [6.07, 6.45) is 2.35. The monoisotopic (exact) mass is 301 g/mol. The molecule has 1 aliphatic rings. The van der Waals surface area contributed by atoms with Crippen molar-refractivity contribution in [2.45, 2.75) is 38.4 Å². The van der Waals surface area contributed by atoms with Crippen molar-refractivity contribution in [1.82, 2.24) is 0 Å². The second-order valence-electron chi connectivity index (χ2n) is 5.05. The Morgan fingerprint density at radius 3 is 2.88 bits per heavy atom. The molecule has 94 valence electrons. The Hall–Kier alpha value is -0.610. The van der Waals surface area contributed by atoms with Crippen LogP contribution in [-0.2, 0) is 4.74 Å². The Bertz CT molecular complexity index is 408. The summed E-state index contributed by atoms with van der Waals surface area (Å²) in [5.74, 6) is -0.248. The highest BCUT2D eigenvalue weighted by atomic mass is 79.9. The molecule has 0 spiro atoms. The molecule has 1 aromatic carbocycles. The number of hydrogen-bond donors (Lipinski definition) is 1. The summed E-state index contributed by atoms with van der Waals surface area (Å²) in [6.45, 7) is 4.93. The SMILES string of the molecule is CC1(C)CCC(CNc2ccc(Br)c(F)c2)O1. The van der Waals surface area contributed by atoms with Gasteiger partial charge >= 0.3 is 0 Å². The van der Waals surface area contributed by atoms with Crippen molar-refractivity contribution >= 4 is 21.6 Å². The van der Waals surface area contributed by atoms with Crippen molar-refractivity contribution in [3.8, 4) is 0 Å². The molecular formula is C13H17BrFNO. The lowest BCUT2D eigenvalue weighted by Gasteiger charge is -2.19. The van der Waals surface area contributed by atoms with E-state index >= 15 is 0 Å². The summed E-state index contributed by atoms with van der Waals surface area (Å²) in [4.78, 5) is 0. The van der Waals surface area contributed by atoms with Crippen molar-refractivity contribution < 1.29 is 9.13 Å². The van der Waals surface area contributed by atoms with Crippen LogP contribution >= 0.6 is 15.9 Å². The Morgan fingerprint density at radius 2 is 2.29 bits per heavy atom. The molecule has 0 aliphatic carbocycles. The first-order valence-corrected chi connectivity index (χ1v) is 6.62. The fourth-order valence-electron chi connectivity index (χ4n) is 2.06. The third-order valence-corrected chi connectivity index (χ3v) is 3.65. The molecule has 1 atom stereocenters. The molecule has 0 saturated carbocycles.